The molecule has 1 amide bonds. The van der Waals surface area contributed by atoms with Crippen molar-refractivity contribution in [3.63, 3.8) is 0 Å². The van der Waals surface area contributed by atoms with E-state index in [0.717, 1.165) is 21.3 Å². The average Bonchev–Trinajstić information content (AvgIpc) is 2.83. The first-order valence-corrected chi connectivity index (χ1v) is 7.72. The van der Waals surface area contributed by atoms with Crippen LogP contribution in [0.15, 0.2) is 28.7 Å². The monoisotopic (exact) mass is 350 g/mol. The van der Waals surface area contributed by atoms with Crippen molar-refractivity contribution >= 4 is 27.7 Å². The topological polar surface area (TPSA) is 75.0 Å². The predicted molar refractivity (Wildman–Crippen MR) is 87.8 cm³/mol. The molecule has 1 heterocycles. The Morgan fingerprint density at radius 3 is 2.48 bits per heavy atom. The maximum absolute atomic E-state index is 12.3. The molecule has 2 aromatic rings. The van der Waals surface area contributed by atoms with E-state index in [1.807, 2.05) is 38.1 Å². The van der Waals surface area contributed by atoms with E-state index in [1.165, 1.54) is 0 Å². The molecule has 21 heavy (non-hydrogen) atoms. The molecular weight excluding hydrogens is 332 g/mol. The van der Waals surface area contributed by atoms with Crippen LogP contribution in [-0.2, 0) is 11.2 Å². The highest BCUT2D eigenvalue weighted by molar-refractivity contribution is 9.10. The Bertz CT molecular complexity index is 617. The van der Waals surface area contributed by atoms with Gasteiger partial charge in [-0.25, -0.2) is 0 Å². The van der Waals surface area contributed by atoms with Crippen LogP contribution in [0.4, 0.5) is 5.82 Å². The van der Waals surface area contributed by atoms with Crippen molar-refractivity contribution < 1.29 is 4.79 Å². The molecule has 0 aliphatic rings. The van der Waals surface area contributed by atoms with Crippen LogP contribution in [0.25, 0.3) is 11.3 Å². The lowest BCUT2D eigenvalue weighted by Gasteiger charge is -2.18. The van der Waals surface area contributed by atoms with Crippen LogP contribution in [0, 0.1) is 0 Å². The number of hydrogen-bond acceptors (Lipinski definition) is 3. The summed E-state index contributed by atoms with van der Waals surface area (Å²) in [6.07, 6.45) is 0.259. The number of carbonyl (C=O) groups excluding carboxylic acids is 1. The Balaban J connectivity index is 2.30. The van der Waals surface area contributed by atoms with Gasteiger partial charge in [-0.2, -0.15) is 5.10 Å². The van der Waals surface area contributed by atoms with Crippen molar-refractivity contribution in [2.24, 2.45) is 0 Å². The summed E-state index contributed by atoms with van der Waals surface area (Å²) in [5, 5.41) is 6.98. The van der Waals surface area contributed by atoms with Crippen LogP contribution in [0.2, 0.25) is 0 Å². The Morgan fingerprint density at radius 1 is 1.29 bits per heavy atom. The summed E-state index contributed by atoms with van der Waals surface area (Å²) >= 11 is 3.41. The lowest BCUT2D eigenvalue weighted by molar-refractivity contribution is -0.130. The smallest absolute Gasteiger partial charge is 0.227 e. The van der Waals surface area contributed by atoms with Gasteiger partial charge in [-0.1, -0.05) is 28.1 Å². The fourth-order valence-electron chi connectivity index (χ4n) is 2.25. The summed E-state index contributed by atoms with van der Waals surface area (Å²) in [6.45, 7) is 5.33. The molecule has 5 nitrogen and oxygen atoms in total. The number of nitrogens with two attached hydrogens (primary N) is 1. The van der Waals surface area contributed by atoms with Crippen LogP contribution in [0.3, 0.4) is 0 Å². The first-order valence-electron chi connectivity index (χ1n) is 6.93. The van der Waals surface area contributed by atoms with Crippen LogP contribution in [0.1, 0.15) is 19.4 Å². The third kappa shape index (κ3) is 3.44. The SMILES string of the molecule is CCN(CC)C(=O)Cc1c(N)n[nH]c1-c1ccc(Br)cc1. The second-order valence-corrected chi connectivity index (χ2v) is 5.63. The molecule has 0 bridgehead atoms. The van der Waals surface area contributed by atoms with Gasteiger partial charge in [0.25, 0.3) is 0 Å². The van der Waals surface area contributed by atoms with E-state index in [-0.39, 0.29) is 12.3 Å². The molecule has 0 fully saturated rings. The Morgan fingerprint density at radius 2 is 1.90 bits per heavy atom. The van der Waals surface area contributed by atoms with Gasteiger partial charge in [0.1, 0.15) is 5.82 Å². The van der Waals surface area contributed by atoms with E-state index >= 15 is 0 Å². The van der Waals surface area contributed by atoms with E-state index in [0.29, 0.717) is 18.9 Å². The minimum absolute atomic E-state index is 0.0615. The Kier molecular flexibility index (Phi) is 5.01. The molecule has 0 spiro atoms. The first kappa shape index (κ1) is 15.6. The number of amides is 1. The Labute approximate surface area is 132 Å². The van der Waals surface area contributed by atoms with Crippen molar-refractivity contribution in [2.75, 3.05) is 18.8 Å². The molecule has 0 saturated carbocycles. The van der Waals surface area contributed by atoms with Gasteiger partial charge in [0, 0.05) is 23.1 Å². The second-order valence-electron chi connectivity index (χ2n) is 4.71. The molecule has 0 radical (unpaired) electrons. The number of H-pyrrole nitrogens is 1. The zero-order valence-electron chi connectivity index (χ0n) is 12.2. The standard InChI is InChI=1S/C15H19BrN4O/c1-3-20(4-2)13(21)9-12-14(18-19-15(12)17)10-5-7-11(16)8-6-10/h5-8H,3-4,9H2,1-2H3,(H3,17,18,19). The minimum atomic E-state index is 0.0615. The molecule has 0 aliphatic carbocycles. The van der Waals surface area contributed by atoms with Gasteiger partial charge < -0.3 is 10.6 Å². The van der Waals surface area contributed by atoms with Crippen molar-refractivity contribution in [1.82, 2.24) is 15.1 Å². The lowest BCUT2D eigenvalue weighted by Crippen LogP contribution is -2.32. The minimum Gasteiger partial charge on any atom is -0.382 e. The molecule has 1 aromatic carbocycles. The number of hydrogen-bond donors (Lipinski definition) is 2. The maximum atomic E-state index is 12.3. The molecule has 6 heteroatoms. The third-order valence-corrected chi connectivity index (χ3v) is 4.00. The molecule has 2 rings (SSSR count). The third-order valence-electron chi connectivity index (χ3n) is 3.48. The molecule has 3 N–H and O–H groups in total. The molecular formula is C15H19BrN4O. The van der Waals surface area contributed by atoms with Crippen molar-refractivity contribution in [1.29, 1.82) is 0 Å². The summed E-state index contributed by atoms with van der Waals surface area (Å²) in [4.78, 5) is 14.1. The molecule has 0 atom stereocenters. The largest absolute Gasteiger partial charge is 0.382 e. The van der Waals surface area contributed by atoms with Crippen LogP contribution in [0.5, 0.6) is 0 Å². The van der Waals surface area contributed by atoms with E-state index < -0.39 is 0 Å². The highest BCUT2D eigenvalue weighted by Crippen LogP contribution is 2.27. The van der Waals surface area contributed by atoms with Crippen LogP contribution in [-0.4, -0.2) is 34.1 Å². The quantitative estimate of drug-likeness (QED) is 0.870. The van der Waals surface area contributed by atoms with E-state index in [1.54, 1.807) is 4.90 Å². The lowest BCUT2D eigenvalue weighted by atomic mass is 10.0. The number of anilines is 1. The number of benzene rings is 1. The first-order chi connectivity index (χ1) is 10.1. The summed E-state index contributed by atoms with van der Waals surface area (Å²) < 4.78 is 1.000. The van der Waals surface area contributed by atoms with Gasteiger partial charge in [-0.3, -0.25) is 9.89 Å². The van der Waals surface area contributed by atoms with E-state index in [2.05, 4.69) is 26.1 Å². The fraction of sp³-hybridized carbons (Fsp3) is 0.333. The number of aromatic amines is 1. The zero-order valence-corrected chi connectivity index (χ0v) is 13.8. The molecule has 0 saturated heterocycles. The second kappa shape index (κ2) is 6.76. The number of likely N-dealkylation sites (N-methyl/N-ethyl adjacent to an activating group) is 1. The van der Waals surface area contributed by atoms with Gasteiger partial charge in [0.05, 0.1) is 12.1 Å². The fourth-order valence-corrected chi connectivity index (χ4v) is 2.52. The number of nitrogens with zero attached hydrogens (tertiary/aromatic N) is 2. The van der Waals surface area contributed by atoms with Crippen LogP contribution < -0.4 is 5.73 Å². The summed E-state index contributed by atoms with van der Waals surface area (Å²) in [5.41, 5.74) is 8.44. The highest BCUT2D eigenvalue weighted by atomic mass is 79.9. The van der Waals surface area contributed by atoms with Gasteiger partial charge in [-0.15, -0.1) is 0 Å². The zero-order chi connectivity index (χ0) is 15.4. The number of carbonyl (C=O) groups is 1. The van der Waals surface area contributed by atoms with E-state index in [4.69, 9.17) is 5.73 Å². The normalized spacial score (nSPS) is 10.6. The summed E-state index contributed by atoms with van der Waals surface area (Å²) in [7, 11) is 0. The summed E-state index contributed by atoms with van der Waals surface area (Å²) in [5.74, 6) is 0.444. The number of halogens is 1. The molecule has 0 aliphatic heterocycles. The summed E-state index contributed by atoms with van der Waals surface area (Å²) in [6, 6.07) is 7.82. The highest BCUT2D eigenvalue weighted by Gasteiger charge is 2.18. The number of nitrogen functional groups attached to an aromatic ring is 1. The molecule has 0 unspecified atom stereocenters. The molecule has 112 valence electrons. The van der Waals surface area contributed by atoms with Gasteiger partial charge in [0.15, 0.2) is 0 Å². The maximum Gasteiger partial charge on any atom is 0.227 e. The Hall–Kier alpha value is -1.82. The van der Waals surface area contributed by atoms with Crippen molar-refractivity contribution in [2.45, 2.75) is 20.3 Å². The van der Waals surface area contributed by atoms with Crippen molar-refractivity contribution in [3.8, 4) is 11.3 Å². The number of rotatable bonds is 5. The number of aromatic nitrogens is 2. The van der Waals surface area contributed by atoms with Gasteiger partial charge >= 0.3 is 0 Å². The average molecular weight is 351 g/mol. The van der Waals surface area contributed by atoms with Gasteiger partial charge in [-0.05, 0) is 31.5 Å². The van der Waals surface area contributed by atoms with Gasteiger partial charge in [0.2, 0.25) is 5.91 Å². The van der Waals surface area contributed by atoms with Crippen molar-refractivity contribution in [3.05, 3.63) is 34.3 Å². The van der Waals surface area contributed by atoms with Crippen LogP contribution >= 0.6 is 15.9 Å². The predicted octanol–water partition coefficient (Wildman–Crippen LogP) is 2.83. The number of nitrogens with one attached hydrogen (secondary N) is 1. The van der Waals surface area contributed by atoms with E-state index in [9.17, 15) is 4.79 Å². The molecule has 1 aromatic heterocycles.